The van der Waals surface area contributed by atoms with Crippen molar-refractivity contribution in [2.75, 3.05) is 5.73 Å². The van der Waals surface area contributed by atoms with E-state index >= 15 is 0 Å². The van der Waals surface area contributed by atoms with Crippen LogP contribution in [0.15, 0.2) is 18.5 Å². The molecule has 0 unspecified atom stereocenters. The van der Waals surface area contributed by atoms with Gasteiger partial charge in [0.15, 0.2) is 0 Å². The van der Waals surface area contributed by atoms with Crippen molar-refractivity contribution in [3.63, 3.8) is 0 Å². The Morgan fingerprint density at radius 1 is 1.44 bits per heavy atom. The van der Waals surface area contributed by atoms with Crippen LogP contribution in [0.2, 0.25) is 0 Å². The number of aromatic nitrogens is 3. The number of fused-ring (bicyclic) bond motifs is 1. The Hall–Kier alpha value is -1.58. The standard InChI is InChI=1S/C12H16N4/c13-12-15-10-8-14-6-5-11(10)16(12)7-1-2-9-3-4-9/h5-6,8-9H,1-4,7H2,(H2,13,15). The van der Waals surface area contributed by atoms with E-state index in [1.807, 2.05) is 6.07 Å². The fourth-order valence-electron chi connectivity index (χ4n) is 2.18. The second kappa shape index (κ2) is 3.77. The van der Waals surface area contributed by atoms with Gasteiger partial charge in [0.2, 0.25) is 5.95 Å². The van der Waals surface area contributed by atoms with Crippen molar-refractivity contribution < 1.29 is 0 Å². The monoisotopic (exact) mass is 216 g/mol. The normalized spacial score (nSPS) is 15.8. The molecule has 4 heteroatoms. The molecular weight excluding hydrogens is 200 g/mol. The van der Waals surface area contributed by atoms with E-state index in [2.05, 4.69) is 14.5 Å². The summed E-state index contributed by atoms with van der Waals surface area (Å²) in [6.07, 6.45) is 8.92. The van der Waals surface area contributed by atoms with Gasteiger partial charge in [-0.05, 0) is 24.8 Å². The van der Waals surface area contributed by atoms with E-state index in [4.69, 9.17) is 5.73 Å². The summed E-state index contributed by atoms with van der Waals surface area (Å²) in [5, 5.41) is 0. The number of imidazole rings is 1. The largest absolute Gasteiger partial charge is 0.369 e. The number of nitrogens with zero attached hydrogens (tertiary/aromatic N) is 3. The van der Waals surface area contributed by atoms with Gasteiger partial charge in [-0.25, -0.2) is 4.98 Å². The number of nitrogens with two attached hydrogens (primary N) is 1. The molecule has 1 saturated carbocycles. The highest BCUT2D eigenvalue weighted by Gasteiger charge is 2.20. The van der Waals surface area contributed by atoms with E-state index in [0.717, 1.165) is 23.5 Å². The highest BCUT2D eigenvalue weighted by atomic mass is 15.2. The summed E-state index contributed by atoms with van der Waals surface area (Å²) < 4.78 is 2.10. The average Bonchev–Trinajstić information content (AvgIpc) is 3.04. The summed E-state index contributed by atoms with van der Waals surface area (Å²) in [4.78, 5) is 8.36. The maximum absolute atomic E-state index is 5.91. The molecule has 3 rings (SSSR count). The van der Waals surface area contributed by atoms with E-state index in [0.29, 0.717) is 5.95 Å². The lowest BCUT2D eigenvalue weighted by atomic mass is 10.2. The predicted molar refractivity (Wildman–Crippen MR) is 63.9 cm³/mol. The summed E-state index contributed by atoms with van der Waals surface area (Å²) in [7, 11) is 0. The van der Waals surface area contributed by atoms with E-state index < -0.39 is 0 Å². The van der Waals surface area contributed by atoms with Crippen molar-refractivity contribution in [3.8, 4) is 0 Å². The van der Waals surface area contributed by atoms with E-state index in [9.17, 15) is 0 Å². The van der Waals surface area contributed by atoms with Gasteiger partial charge < -0.3 is 10.3 Å². The molecule has 0 aliphatic heterocycles. The zero-order valence-electron chi connectivity index (χ0n) is 9.26. The molecule has 1 aliphatic rings. The third-order valence-electron chi connectivity index (χ3n) is 3.27. The molecule has 0 bridgehead atoms. The van der Waals surface area contributed by atoms with Crippen molar-refractivity contribution in [1.82, 2.24) is 14.5 Å². The molecule has 0 atom stereocenters. The first-order valence-corrected chi connectivity index (χ1v) is 5.90. The number of anilines is 1. The Bertz CT molecular complexity index is 499. The van der Waals surface area contributed by atoms with Crippen LogP contribution in [0.25, 0.3) is 11.0 Å². The number of hydrogen-bond acceptors (Lipinski definition) is 3. The number of rotatable bonds is 4. The van der Waals surface area contributed by atoms with Crippen LogP contribution in [0.1, 0.15) is 25.7 Å². The lowest BCUT2D eigenvalue weighted by Crippen LogP contribution is -2.03. The maximum atomic E-state index is 5.91. The lowest BCUT2D eigenvalue weighted by Gasteiger charge is -2.05. The van der Waals surface area contributed by atoms with Crippen molar-refractivity contribution in [2.45, 2.75) is 32.2 Å². The summed E-state index contributed by atoms with van der Waals surface area (Å²) in [5.41, 5.74) is 7.91. The average molecular weight is 216 g/mol. The van der Waals surface area contributed by atoms with Crippen molar-refractivity contribution in [2.24, 2.45) is 5.92 Å². The Balaban J connectivity index is 1.80. The first-order valence-electron chi connectivity index (χ1n) is 5.90. The third-order valence-corrected chi connectivity index (χ3v) is 3.27. The molecule has 0 amide bonds. The van der Waals surface area contributed by atoms with Gasteiger partial charge in [-0.15, -0.1) is 0 Å². The molecule has 2 aromatic heterocycles. The van der Waals surface area contributed by atoms with Crippen molar-refractivity contribution in [3.05, 3.63) is 18.5 Å². The van der Waals surface area contributed by atoms with Crippen LogP contribution in [0.4, 0.5) is 5.95 Å². The number of aryl methyl sites for hydroxylation is 1. The van der Waals surface area contributed by atoms with Gasteiger partial charge in [0.05, 0.1) is 11.7 Å². The van der Waals surface area contributed by atoms with Gasteiger partial charge in [0, 0.05) is 12.7 Å². The highest BCUT2D eigenvalue weighted by molar-refractivity contribution is 5.76. The number of nitrogen functional groups attached to an aromatic ring is 1. The molecule has 0 spiro atoms. The van der Waals surface area contributed by atoms with Crippen LogP contribution >= 0.6 is 0 Å². The number of hydrogen-bond donors (Lipinski definition) is 1. The van der Waals surface area contributed by atoms with E-state index in [-0.39, 0.29) is 0 Å². The minimum atomic E-state index is 0.610. The Morgan fingerprint density at radius 2 is 2.31 bits per heavy atom. The van der Waals surface area contributed by atoms with Crippen LogP contribution < -0.4 is 5.73 Å². The fraction of sp³-hybridized carbons (Fsp3) is 0.500. The molecule has 2 N–H and O–H groups in total. The SMILES string of the molecule is Nc1nc2cnccc2n1CCCC1CC1. The van der Waals surface area contributed by atoms with Gasteiger partial charge >= 0.3 is 0 Å². The quantitative estimate of drug-likeness (QED) is 0.852. The second-order valence-corrected chi connectivity index (χ2v) is 4.57. The highest BCUT2D eigenvalue weighted by Crippen LogP contribution is 2.33. The van der Waals surface area contributed by atoms with Crippen LogP contribution in [0, 0.1) is 5.92 Å². The summed E-state index contributed by atoms with van der Waals surface area (Å²) in [6, 6.07) is 1.98. The molecule has 16 heavy (non-hydrogen) atoms. The second-order valence-electron chi connectivity index (χ2n) is 4.57. The fourth-order valence-corrected chi connectivity index (χ4v) is 2.18. The van der Waals surface area contributed by atoms with Crippen LogP contribution in [-0.4, -0.2) is 14.5 Å². The third kappa shape index (κ3) is 1.75. The Morgan fingerprint density at radius 3 is 3.12 bits per heavy atom. The first kappa shape index (κ1) is 9.63. The molecule has 0 saturated heterocycles. The van der Waals surface area contributed by atoms with Crippen LogP contribution in [-0.2, 0) is 6.54 Å². The van der Waals surface area contributed by atoms with Gasteiger partial charge in [-0.2, -0.15) is 0 Å². The predicted octanol–water partition coefficient (Wildman–Crippen LogP) is 2.20. The molecule has 2 aromatic rings. The summed E-state index contributed by atoms with van der Waals surface area (Å²) in [6.45, 7) is 0.975. The smallest absolute Gasteiger partial charge is 0.201 e. The van der Waals surface area contributed by atoms with Gasteiger partial charge in [-0.1, -0.05) is 12.8 Å². The van der Waals surface area contributed by atoms with Crippen molar-refractivity contribution in [1.29, 1.82) is 0 Å². The molecular formula is C12H16N4. The molecule has 84 valence electrons. The molecule has 4 nitrogen and oxygen atoms in total. The lowest BCUT2D eigenvalue weighted by molar-refractivity contribution is 0.590. The molecule has 2 heterocycles. The molecule has 0 aromatic carbocycles. The minimum absolute atomic E-state index is 0.610. The first-order chi connectivity index (χ1) is 7.84. The van der Waals surface area contributed by atoms with Gasteiger partial charge in [0.25, 0.3) is 0 Å². The Labute approximate surface area is 94.5 Å². The van der Waals surface area contributed by atoms with E-state index in [1.54, 1.807) is 12.4 Å². The van der Waals surface area contributed by atoms with Crippen LogP contribution in [0.3, 0.4) is 0 Å². The van der Waals surface area contributed by atoms with Gasteiger partial charge in [0.1, 0.15) is 5.52 Å². The zero-order chi connectivity index (χ0) is 11.0. The van der Waals surface area contributed by atoms with Crippen molar-refractivity contribution >= 4 is 17.0 Å². The minimum Gasteiger partial charge on any atom is -0.369 e. The summed E-state index contributed by atoms with van der Waals surface area (Å²) >= 11 is 0. The van der Waals surface area contributed by atoms with Crippen LogP contribution in [0.5, 0.6) is 0 Å². The molecule has 1 fully saturated rings. The molecule has 0 radical (unpaired) electrons. The Kier molecular flexibility index (Phi) is 2.27. The topological polar surface area (TPSA) is 56.7 Å². The maximum Gasteiger partial charge on any atom is 0.201 e. The summed E-state index contributed by atoms with van der Waals surface area (Å²) in [5.74, 6) is 1.59. The molecule has 1 aliphatic carbocycles. The van der Waals surface area contributed by atoms with Gasteiger partial charge in [-0.3, -0.25) is 4.98 Å². The van der Waals surface area contributed by atoms with E-state index in [1.165, 1.54) is 25.7 Å². The zero-order valence-corrected chi connectivity index (χ0v) is 9.26. The number of pyridine rings is 1.